The van der Waals surface area contributed by atoms with E-state index in [2.05, 4.69) is 4.98 Å². The van der Waals surface area contributed by atoms with E-state index < -0.39 is 28.6 Å². The first-order valence-corrected chi connectivity index (χ1v) is 10.9. The molecule has 0 amide bonds. The Bertz CT molecular complexity index is 1030. The third-order valence-electron chi connectivity index (χ3n) is 4.78. The van der Waals surface area contributed by atoms with Crippen LogP contribution in [0.25, 0.3) is 10.8 Å². The molecule has 0 bridgehead atoms. The maximum absolute atomic E-state index is 13.3. The maximum Gasteiger partial charge on any atom is 0.345 e. The van der Waals surface area contributed by atoms with Gasteiger partial charge in [0.25, 0.3) is 0 Å². The molecule has 1 aliphatic heterocycles. The van der Waals surface area contributed by atoms with Crippen LogP contribution >= 0.6 is 23.5 Å². The van der Waals surface area contributed by atoms with Gasteiger partial charge in [0, 0.05) is 16.5 Å². The van der Waals surface area contributed by atoms with E-state index in [1.807, 2.05) is 37.3 Å². The Morgan fingerprint density at radius 1 is 1.10 bits per heavy atom. The van der Waals surface area contributed by atoms with Crippen LogP contribution in [0.3, 0.4) is 0 Å². The molecule has 7 nitrogen and oxygen atoms in total. The van der Waals surface area contributed by atoms with Crippen molar-refractivity contribution in [2.45, 2.75) is 11.7 Å². The van der Waals surface area contributed by atoms with E-state index in [1.165, 1.54) is 33.1 Å². The highest BCUT2D eigenvalue weighted by molar-refractivity contribution is 8.09. The van der Waals surface area contributed by atoms with Gasteiger partial charge in [-0.3, -0.25) is 14.6 Å². The quantitative estimate of drug-likeness (QED) is 0.489. The second-order valence-electron chi connectivity index (χ2n) is 6.28. The zero-order valence-corrected chi connectivity index (χ0v) is 18.6. The number of carbonyl (C=O) groups is 3. The zero-order chi connectivity index (χ0) is 21.9. The lowest BCUT2D eigenvalue weighted by molar-refractivity contribution is -0.153. The zero-order valence-electron chi connectivity index (χ0n) is 17.0. The fourth-order valence-corrected chi connectivity index (χ4v) is 6.33. The minimum Gasteiger partial charge on any atom is -0.468 e. The Kier molecular flexibility index (Phi) is 6.72. The summed E-state index contributed by atoms with van der Waals surface area (Å²) in [5.41, 5.74) is 0.334. The van der Waals surface area contributed by atoms with Crippen molar-refractivity contribution in [1.29, 1.82) is 0 Å². The lowest BCUT2D eigenvalue weighted by atomic mass is 9.85. The highest BCUT2D eigenvalue weighted by Crippen LogP contribution is 2.60. The summed E-state index contributed by atoms with van der Waals surface area (Å²) in [6, 6.07) is 9.20. The smallest absolute Gasteiger partial charge is 0.345 e. The molecule has 1 aliphatic rings. The van der Waals surface area contributed by atoms with Crippen LogP contribution in [0.2, 0.25) is 0 Å². The molecule has 2 atom stereocenters. The minimum atomic E-state index is -1.64. The third kappa shape index (κ3) is 3.45. The molecule has 0 saturated heterocycles. The number of nitrogens with zero attached hydrogens (tertiary/aromatic N) is 1. The summed E-state index contributed by atoms with van der Waals surface area (Å²) < 4.78 is 13.5. The number of benzene rings is 1. The van der Waals surface area contributed by atoms with Crippen LogP contribution in [0, 0.1) is 5.92 Å². The Morgan fingerprint density at radius 2 is 1.83 bits per heavy atom. The summed E-state index contributed by atoms with van der Waals surface area (Å²) in [7, 11) is 3.74. The van der Waals surface area contributed by atoms with Crippen LogP contribution < -0.4 is 0 Å². The molecule has 0 radical (unpaired) electrons. The number of ether oxygens (including phenoxy) is 3. The third-order valence-corrected chi connectivity index (χ3v) is 7.45. The Labute approximate surface area is 182 Å². The molecule has 2 heterocycles. The van der Waals surface area contributed by atoms with Crippen molar-refractivity contribution in [2.75, 3.05) is 27.1 Å². The molecule has 30 heavy (non-hydrogen) atoms. The number of carbonyl (C=O) groups excluding carboxylic acids is 3. The van der Waals surface area contributed by atoms with E-state index >= 15 is 0 Å². The standard InChI is InChI=1S/C21H21NO6S2/c1-5-29-15-14(18(23)26-2)21(20(25)28-4,30-16(15)19(24)27-3)17-13-9-7-6-8-12(13)10-11-22-17/h6-11,14H,5H2,1-4H3. The number of fused-ring (bicyclic) bond motifs is 1. The predicted molar refractivity (Wildman–Crippen MR) is 116 cm³/mol. The molecular formula is C21H21NO6S2. The van der Waals surface area contributed by atoms with Gasteiger partial charge < -0.3 is 14.2 Å². The summed E-state index contributed by atoms with van der Waals surface area (Å²) in [5.74, 6) is -2.52. The van der Waals surface area contributed by atoms with E-state index in [9.17, 15) is 14.4 Å². The van der Waals surface area contributed by atoms with Gasteiger partial charge in [-0.1, -0.05) is 43.0 Å². The Balaban J connectivity index is 2.38. The maximum atomic E-state index is 13.3. The monoisotopic (exact) mass is 447 g/mol. The summed E-state index contributed by atoms with van der Waals surface area (Å²) in [6.45, 7) is 1.89. The van der Waals surface area contributed by atoms with Crippen molar-refractivity contribution < 1.29 is 28.6 Å². The Hall–Kier alpha value is -2.52. The van der Waals surface area contributed by atoms with Gasteiger partial charge >= 0.3 is 17.9 Å². The van der Waals surface area contributed by atoms with E-state index in [0.29, 0.717) is 21.7 Å². The lowest BCUT2D eigenvalue weighted by Gasteiger charge is -2.31. The van der Waals surface area contributed by atoms with Crippen LogP contribution in [0.15, 0.2) is 46.3 Å². The van der Waals surface area contributed by atoms with E-state index in [0.717, 1.165) is 17.1 Å². The van der Waals surface area contributed by atoms with E-state index in [-0.39, 0.29) is 4.91 Å². The van der Waals surface area contributed by atoms with Gasteiger partial charge in [0.05, 0.1) is 27.0 Å². The molecule has 9 heteroatoms. The average Bonchev–Trinajstić information content (AvgIpc) is 3.13. The van der Waals surface area contributed by atoms with Crippen LogP contribution in [-0.4, -0.2) is 50.0 Å². The average molecular weight is 448 g/mol. The molecule has 0 fully saturated rings. The molecule has 158 valence electrons. The van der Waals surface area contributed by atoms with Gasteiger partial charge in [0.15, 0.2) is 4.75 Å². The topological polar surface area (TPSA) is 91.8 Å². The highest BCUT2D eigenvalue weighted by atomic mass is 32.2. The van der Waals surface area contributed by atoms with Gasteiger partial charge in [0.1, 0.15) is 10.8 Å². The highest BCUT2D eigenvalue weighted by Gasteiger charge is 2.62. The second kappa shape index (κ2) is 9.09. The summed E-state index contributed by atoms with van der Waals surface area (Å²) in [4.78, 5) is 44.1. The Morgan fingerprint density at radius 3 is 2.47 bits per heavy atom. The normalized spacial score (nSPS) is 20.9. The fourth-order valence-electron chi connectivity index (χ4n) is 3.52. The molecule has 0 N–H and O–H groups in total. The molecule has 0 spiro atoms. The lowest BCUT2D eigenvalue weighted by Crippen LogP contribution is -2.44. The number of methoxy groups -OCH3 is 3. The van der Waals surface area contributed by atoms with Crippen LogP contribution in [0.5, 0.6) is 0 Å². The van der Waals surface area contributed by atoms with Crippen LogP contribution in [0.4, 0.5) is 0 Å². The van der Waals surface area contributed by atoms with Crippen LogP contribution in [0.1, 0.15) is 12.6 Å². The van der Waals surface area contributed by atoms with Gasteiger partial charge in [0.2, 0.25) is 0 Å². The van der Waals surface area contributed by atoms with Crippen molar-refractivity contribution in [3.05, 3.63) is 52.0 Å². The fraction of sp³-hybridized carbons (Fsp3) is 0.333. The number of aromatic nitrogens is 1. The summed E-state index contributed by atoms with van der Waals surface area (Å²) >= 11 is 2.23. The van der Waals surface area contributed by atoms with Gasteiger partial charge in [-0.2, -0.15) is 0 Å². The summed E-state index contributed by atoms with van der Waals surface area (Å²) in [6.07, 6.45) is 1.57. The van der Waals surface area contributed by atoms with Crippen molar-refractivity contribution in [3.8, 4) is 0 Å². The molecule has 0 aliphatic carbocycles. The first kappa shape index (κ1) is 22.2. The van der Waals surface area contributed by atoms with Gasteiger partial charge in [-0.05, 0) is 17.2 Å². The molecular weight excluding hydrogens is 426 g/mol. The number of rotatable bonds is 6. The van der Waals surface area contributed by atoms with Crippen molar-refractivity contribution >= 4 is 52.2 Å². The molecule has 1 aromatic heterocycles. The SMILES string of the molecule is CCSC1=C(C(=O)OC)SC(C(=O)OC)(c2nccc3ccccc23)C1C(=O)OC. The van der Waals surface area contributed by atoms with Crippen molar-refractivity contribution in [2.24, 2.45) is 5.92 Å². The van der Waals surface area contributed by atoms with Crippen molar-refractivity contribution in [1.82, 2.24) is 4.98 Å². The molecule has 2 aromatic rings. The van der Waals surface area contributed by atoms with E-state index in [1.54, 1.807) is 6.20 Å². The number of hydrogen-bond donors (Lipinski definition) is 0. The number of thioether (sulfide) groups is 2. The van der Waals surface area contributed by atoms with E-state index in [4.69, 9.17) is 14.2 Å². The molecule has 1 aromatic carbocycles. The number of pyridine rings is 1. The number of hydrogen-bond acceptors (Lipinski definition) is 9. The predicted octanol–water partition coefficient (Wildman–Crippen LogP) is 3.28. The minimum absolute atomic E-state index is 0.180. The molecule has 0 saturated carbocycles. The van der Waals surface area contributed by atoms with Crippen molar-refractivity contribution in [3.63, 3.8) is 0 Å². The number of esters is 3. The van der Waals surface area contributed by atoms with Crippen LogP contribution in [-0.2, 0) is 33.3 Å². The molecule has 3 rings (SSSR count). The second-order valence-corrected chi connectivity index (χ2v) is 8.85. The first-order chi connectivity index (χ1) is 14.5. The molecule has 2 unspecified atom stereocenters. The first-order valence-electron chi connectivity index (χ1n) is 9.10. The summed E-state index contributed by atoms with van der Waals surface area (Å²) in [5, 5.41) is 1.52. The van der Waals surface area contributed by atoms with Gasteiger partial charge in [-0.15, -0.1) is 11.8 Å². The van der Waals surface area contributed by atoms with Gasteiger partial charge in [-0.25, -0.2) is 4.79 Å². The largest absolute Gasteiger partial charge is 0.468 e.